The van der Waals surface area contributed by atoms with E-state index in [2.05, 4.69) is 42.5 Å². The number of thioether (sulfide) groups is 1. The molecule has 0 aromatic heterocycles. The number of hydrogen-bond donors (Lipinski definition) is 0. The zero-order valence-electron chi connectivity index (χ0n) is 12.8. The van der Waals surface area contributed by atoms with Crippen molar-refractivity contribution in [3.63, 3.8) is 0 Å². The minimum Gasteiger partial charge on any atom is -0.377 e. The second-order valence-corrected chi connectivity index (χ2v) is 8.95. The van der Waals surface area contributed by atoms with E-state index in [-0.39, 0.29) is 0 Å². The van der Waals surface area contributed by atoms with Crippen molar-refractivity contribution in [1.29, 1.82) is 0 Å². The number of benzene rings is 2. The van der Waals surface area contributed by atoms with E-state index in [1.165, 1.54) is 15.7 Å². The molecule has 2 rings (SSSR count). The van der Waals surface area contributed by atoms with Crippen molar-refractivity contribution in [3.05, 3.63) is 42.5 Å². The Hall–Kier alpha value is -0.853. The highest BCUT2D eigenvalue weighted by atomic mass is 32.2. The summed E-state index contributed by atoms with van der Waals surface area (Å²) in [6.45, 7) is 0. The van der Waals surface area contributed by atoms with Gasteiger partial charge in [0.2, 0.25) is 0 Å². The third kappa shape index (κ3) is 4.08. The first-order chi connectivity index (χ1) is 10.2. The van der Waals surface area contributed by atoms with Crippen molar-refractivity contribution in [2.75, 3.05) is 27.1 Å². The molecule has 0 fully saturated rings. The Kier molecular flexibility index (Phi) is 6.26. The normalized spacial score (nSPS) is 12.0. The van der Waals surface area contributed by atoms with E-state index in [0.29, 0.717) is 0 Å². The first-order valence-electron chi connectivity index (χ1n) is 7.00. The molecule has 0 radical (unpaired) electrons. The van der Waals surface area contributed by atoms with Crippen LogP contribution in [0.1, 0.15) is 6.42 Å². The van der Waals surface area contributed by atoms with Crippen molar-refractivity contribution in [1.82, 2.24) is 0 Å². The van der Waals surface area contributed by atoms with Gasteiger partial charge in [0, 0.05) is 32.3 Å². The average Bonchev–Trinajstić information content (AvgIpc) is 2.56. The third-order valence-electron chi connectivity index (χ3n) is 3.57. The lowest BCUT2D eigenvalue weighted by Crippen LogP contribution is -2.42. The molecule has 0 N–H and O–H groups in total. The summed E-state index contributed by atoms with van der Waals surface area (Å²) < 4.78 is 16.3. The van der Waals surface area contributed by atoms with E-state index in [1.807, 2.05) is 11.8 Å². The predicted molar refractivity (Wildman–Crippen MR) is 90.9 cm³/mol. The summed E-state index contributed by atoms with van der Waals surface area (Å²) in [4.78, 5) is 1.33. The van der Waals surface area contributed by atoms with Crippen LogP contribution in [0.3, 0.4) is 0 Å². The monoisotopic (exact) mass is 322 g/mol. The number of fused-ring (bicyclic) bond motifs is 1. The Morgan fingerprint density at radius 3 is 2.29 bits per heavy atom. The maximum atomic E-state index is 5.44. The summed E-state index contributed by atoms with van der Waals surface area (Å²) in [5.41, 5.74) is 0. The summed E-state index contributed by atoms with van der Waals surface area (Å²) in [5, 5.41) is 2.61. The van der Waals surface area contributed by atoms with Gasteiger partial charge in [-0.15, -0.1) is 11.8 Å². The smallest absolute Gasteiger partial charge is 0.377 e. The fourth-order valence-corrected chi connectivity index (χ4v) is 5.35. The molecule has 0 saturated heterocycles. The minimum atomic E-state index is -2.42. The lowest BCUT2D eigenvalue weighted by atomic mass is 10.1. The molecule has 0 spiro atoms. The maximum Gasteiger partial charge on any atom is 0.500 e. The molecule has 0 atom stereocenters. The van der Waals surface area contributed by atoms with Gasteiger partial charge >= 0.3 is 8.80 Å². The average molecular weight is 323 g/mol. The van der Waals surface area contributed by atoms with Gasteiger partial charge in [-0.05, 0) is 29.0 Å². The largest absolute Gasteiger partial charge is 0.500 e. The first kappa shape index (κ1) is 16.5. The molecular weight excluding hydrogens is 300 g/mol. The maximum absolute atomic E-state index is 5.44. The topological polar surface area (TPSA) is 27.7 Å². The zero-order valence-corrected chi connectivity index (χ0v) is 14.6. The highest BCUT2D eigenvalue weighted by Gasteiger charge is 2.36. The first-order valence-corrected chi connectivity index (χ1v) is 9.92. The van der Waals surface area contributed by atoms with Crippen molar-refractivity contribution in [2.24, 2.45) is 0 Å². The van der Waals surface area contributed by atoms with Gasteiger partial charge in [-0.2, -0.15) is 0 Å². The van der Waals surface area contributed by atoms with Gasteiger partial charge in [0.15, 0.2) is 0 Å². The highest BCUT2D eigenvalue weighted by molar-refractivity contribution is 7.99. The Morgan fingerprint density at radius 1 is 0.905 bits per heavy atom. The number of rotatable bonds is 8. The van der Waals surface area contributed by atoms with E-state index in [1.54, 1.807) is 21.3 Å². The lowest BCUT2D eigenvalue weighted by molar-refractivity contribution is 0.123. The van der Waals surface area contributed by atoms with E-state index in [9.17, 15) is 0 Å². The van der Waals surface area contributed by atoms with Crippen LogP contribution in [0.2, 0.25) is 6.04 Å². The van der Waals surface area contributed by atoms with Crippen LogP contribution in [0.25, 0.3) is 10.8 Å². The molecule has 0 unspecified atom stereocenters. The van der Waals surface area contributed by atoms with Gasteiger partial charge in [0.1, 0.15) is 0 Å². The molecule has 0 heterocycles. The Bertz CT molecular complexity index is 559. The molecule has 0 amide bonds. The molecular formula is C16H22O3SSi. The summed E-state index contributed by atoms with van der Waals surface area (Å²) in [6, 6.07) is 15.8. The summed E-state index contributed by atoms with van der Waals surface area (Å²) in [5.74, 6) is 1.03. The van der Waals surface area contributed by atoms with E-state index in [4.69, 9.17) is 13.3 Å². The van der Waals surface area contributed by atoms with Crippen LogP contribution < -0.4 is 0 Å². The van der Waals surface area contributed by atoms with Crippen molar-refractivity contribution in [3.8, 4) is 0 Å². The molecule has 21 heavy (non-hydrogen) atoms. The van der Waals surface area contributed by atoms with Crippen molar-refractivity contribution >= 4 is 31.3 Å². The molecule has 5 heteroatoms. The van der Waals surface area contributed by atoms with Crippen LogP contribution in [0.4, 0.5) is 0 Å². The van der Waals surface area contributed by atoms with E-state index in [0.717, 1.165) is 18.2 Å². The van der Waals surface area contributed by atoms with Gasteiger partial charge < -0.3 is 13.3 Å². The zero-order chi connectivity index (χ0) is 15.1. The van der Waals surface area contributed by atoms with Crippen LogP contribution in [-0.4, -0.2) is 35.9 Å². The Labute approximate surface area is 132 Å². The quantitative estimate of drug-likeness (QED) is 0.413. The molecule has 0 aliphatic carbocycles. The van der Waals surface area contributed by atoms with Crippen LogP contribution in [0.5, 0.6) is 0 Å². The summed E-state index contributed by atoms with van der Waals surface area (Å²) >= 11 is 1.88. The van der Waals surface area contributed by atoms with Gasteiger partial charge in [0.05, 0.1) is 0 Å². The van der Waals surface area contributed by atoms with Crippen LogP contribution in [-0.2, 0) is 13.3 Å². The van der Waals surface area contributed by atoms with Crippen LogP contribution in [0, 0.1) is 0 Å². The van der Waals surface area contributed by atoms with Gasteiger partial charge in [-0.1, -0.05) is 36.4 Å². The number of hydrogen-bond acceptors (Lipinski definition) is 4. The molecule has 0 aliphatic rings. The second-order valence-electron chi connectivity index (χ2n) is 4.72. The molecule has 2 aromatic carbocycles. The summed E-state index contributed by atoms with van der Waals surface area (Å²) in [6.07, 6.45) is 1.01. The van der Waals surface area contributed by atoms with E-state index < -0.39 is 8.80 Å². The Balaban J connectivity index is 1.94. The van der Waals surface area contributed by atoms with Gasteiger partial charge in [-0.25, -0.2) is 0 Å². The van der Waals surface area contributed by atoms with Gasteiger partial charge in [-0.3, -0.25) is 0 Å². The minimum absolute atomic E-state index is 0.842. The molecule has 0 bridgehead atoms. The van der Waals surface area contributed by atoms with Crippen molar-refractivity contribution < 1.29 is 13.3 Å². The molecule has 3 nitrogen and oxygen atoms in total. The SMILES string of the molecule is CO[Si](CCCSc1cccc2ccccc12)(OC)OC. The lowest BCUT2D eigenvalue weighted by Gasteiger charge is -2.24. The third-order valence-corrected chi connectivity index (χ3v) is 7.56. The second kappa shape index (κ2) is 7.96. The van der Waals surface area contributed by atoms with E-state index >= 15 is 0 Å². The van der Waals surface area contributed by atoms with Gasteiger partial charge in [0.25, 0.3) is 0 Å². The van der Waals surface area contributed by atoms with Crippen LogP contribution >= 0.6 is 11.8 Å². The molecule has 2 aromatic rings. The van der Waals surface area contributed by atoms with Crippen LogP contribution in [0.15, 0.2) is 47.4 Å². The molecule has 0 aliphatic heterocycles. The standard InChI is InChI=1S/C16H22O3SSi/c1-17-21(18-2,19-3)13-7-12-20-16-11-6-9-14-8-4-5-10-15(14)16/h4-6,8-11H,7,12-13H2,1-3H3. The highest BCUT2D eigenvalue weighted by Crippen LogP contribution is 2.29. The fraction of sp³-hybridized carbons (Fsp3) is 0.375. The Morgan fingerprint density at radius 2 is 1.57 bits per heavy atom. The van der Waals surface area contributed by atoms with Crippen molar-refractivity contribution in [2.45, 2.75) is 17.4 Å². The predicted octanol–water partition coefficient (Wildman–Crippen LogP) is 4.20. The summed E-state index contributed by atoms with van der Waals surface area (Å²) in [7, 11) is 2.57. The fourth-order valence-electron chi connectivity index (χ4n) is 2.35. The molecule has 114 valence electrons. The molecule has 0 saturated carbocycles.